The van der Waals surface area contributed by atoms with E-state index in [0.29, 0.717) is 66.0 Å². The Kier molecular flexibility index (Phi) is 11.9. The Hall–Kier alpha value is -4.80. The van der Waals surface area contributed by atoms with Gasteiger partial charge in [-0.15, -0.1) is 11.3 Å². The fourth-order valence-corrected chi connectivity index (χ4v) is 8.53. The van der Waals surface area contributed by atoms with E-state index in [-0.39, 0.29) is 21.2 Å². The molecule has 2 aliphatic heterocycles. The summed E-state index contributed by atoms with van der Waals surface area (Å²) in [5, 5.41) is 2.86. The molecule has 1 N–H and O–H groups in total. The van der Waals surface area contributed by atoms with Gasteiger partial charge in [-0.05, 0) is 72.3 Å². The first kappa shape index (κ1) is 37.0. The van der Waals surface area contributed by atoms with E-state index in [1.165, 1.54) is 44.5 Å². The topological polar surface area (TPSA) is 144 Å². The Morgan fingerprint density at radius 1 is 0.846 bits per heavy atom. The third-order valence-corrected chi connectivity index (χ3v) is 11.9. The van der Waals surface area contributed by atoms with Gasteiger partial charge in [0.2, 0.25) is 0 Å². The SMILES string of the molecule is COC(=O)c1ccc(N(C)S(=O)(=O)c2cc(C(=O)Nc3ccc(OCCN4CCOCC4)cc3)sc2-c2ccc(C(=O)N3CCOCC3)cc2)cc1. The second-order valence-electron chi connectivity index (χ2n) is 12.1. The first-order valence-corrected chi connectivity index (χ1v) is 19.0. The van der Waals surface area contributed by atoms with Crippen LogP contribution >= 0.6 is 11.3 Å². The number of carbonyl (C=O) groups is 3. The van der Waals surface area contributed by atoms with Crippen molar-refractivity contribution in [2.45, 2.75) is 4.90 Å². The van der Waals surface area contributed by atoms with Gasteiger partial charge in [-0.25, -0.2) is 13.2 Å². The summed E-state index contributed by atoms with van der Waals surface area (Å²) in [6.07, 6.45) is 0. The van der Waals surface area contributed by atoms with Crippen molar-refractivity contribution in [2.75, 3.05) is 89.5 Å². The molecule has 0 radical (unpaired) electrons. The molecule has 0 aliphatic carbocycles. The third kappa shape index (κ3) is 8.62. The van der Waals surface area contributed by atoms with Gasteiger partial charge in [-0.3, -0.25) is 18.8 Å². The van der Waals surface area contributed by atoms with E-state index in [2.05, 4.69) is 10.2 Å². The van der Waals surface area contributed by atoms with Gasteiger partial charge in [0.1, 0.15) is 17.3 Å². The Morgan fingerprint density at radius 3 is 2.10 bits per heavy atom. The van der Waals surface area contributed by atoms with Gasteiger partial charge >= 0.3 is 5.97 Å². The van der Waals surface area contributed by atoms with Crippen LogP contribution in [0.15, 0.2) is 83.8 Å². The van der Waals surface area contributed by atoms with Gasteiger partial charge in [0.15, 0.2) is 0 Å². The molecule has 0 bridgehead atoms. The fraction of sp³-hybridized carbons (Fsp3) is 0.324. The minimum atomic E-state index is -4.23. The van der Waals surface area contributed by atoms with Crippen molar-refractivity contribution in [3.63, 3.8) is 0 Å². The molecule has 1 aromatic heterocycles. The molecule has 2 amide bonds. The quantitative estimate of drug-likeness (QED) is 0.206. The summed E-state index contributed by atoms with van der Waals surface area (Å²) < 4.78 is 50.9. The molecule has 3 heterocycles. The number of amides is 2. The number of rotatable bonds is 12. The van der Waals surface area contributed by atoms with Crippen LogP contribution in [0.3, 0.4) is 0 Å². The molecular weight excluding hydrogens is 709 g/mol. The van der Waals surface area contributed by atoms with E-state index in [1.54, 1.807) is 53.4 Å². The number of ether oxygens (including phenoxy) is 4. The van der Waals surface area contributed by atoms with Crippen molar-refractivity contribution < 1.29 is 41.7 Å². The smallest absolute Gasteiger partial charge is 0.337 e. The first-order chi connectivity index (χ1) is 25.1. The second kappa shape index (κ2) is 16.7. The lowest BCUT2D eigenvalue weighted by atomic mass is 10.1. The molecule has 274 valence electrons. The molecule has 2 saturated heterocycles. The zero-order valence-corrected chi connectivity index (χ0v) is 30.5. The maximum absolute atomic E-state index is 14.2. The molecule has 13 nitrogen and oxygen atoms in total. The standard InChI is InChI=1S/C37H40N4O9S2/c1-39(30-11-7-28(8-12-30)37(44)47-2)52(45,46)33-25-32(51-34(33)26-3-5-27(6-4-26)36(43)41-18-22-49-23-19-41)35(42)38-29-9-13-31(14-10-29)50-24-17-40-15-20-48-21-16-40/h3-14,25H,15-24H2,1-2H3,(H,38,42). The number of sulfonamides is 1. The first-order valence-electron chi connectivity index (χ1n) is 16.8. The average molecular weight is 749 g/mol. The highest BCUT2D eigenvalue weighted by molar-refractivity contribution is 7.93. The van der Waals surface area contributed by atoms with E-state index < -0.39 is 21.9 Å². The van der Waals surface area contributed by atoms with Gasteiger partial charge in [0, 0.05) is 51.0 Å². The van der Waals surface area contributed by atoms with Crippen molar-refractivity contribution in [3.8, 4) is 16.2 Å². The molecule has 52 heavy (non-hydrogen) atoms. The summed E-state index contributed by atoms with van der Waals surface area (Å²) >= 11 is 1.03. The molecule has 2 fully saturated rings. The summed E-state index contributed by atoms with van der Waals surface area (Å²) in [5.74, 6) is -0.513. The normalized spacial score (nSPS) is 15.2. The number of esters is 1. The van der Waals surface area contributed by atoms with E-state index in [4.69, 9.17) is 18.9 Å². The van der Waals surface area contributed by atoms with E-state index >= 15 is 0 Å². The van der Waals surface area contributed by atoms with Gasteiger partial charge in [-0.1, -0.05) is 12.1 Å². The van der Waals surface area contributed by atoms with Gasteiger partial charge < -0.3 is 29.2 Å². The molecular formula is C37H40N4O9S2. The monoisotopic (exact) mass is 748 g/mol. The number of thiophene rings is 1. The maximum atomic E-state index is 14.2. The Labute approximate surface area is 306 Å². The largest absolute Gasteiger partial charge is 0.492 e. The summed E-state index contributed by atoms with van der Waals surface area (Å²) in [5.41, 5.74) is 2.06. The van der Waals surface area contributed by atoms with Crippen LogP contribution in [-0.4, -0.2) is 116 Å². The lowest BCUT2D eigenvalue weighted by molar-refractivity contribution is 0.0303. The average Bonchev–Trinajstić information content (AvgIpc) is 3.66. The number of benzene rings is 3. The zero-order chi connectivity index (χ0) is 36.7. The molecule has 4 aromatic rings. The number of nitrogens with zero attached hydrogens (tertiary/aromatic N) is 3. The Bertz CT molecular complexity index is 1970. The van der Waals surface area contributed by atoms with Gasteiger partial charge in [0.25, 0.3) is 21.8 Å². The van der Waals surface area contributed by atoms with Crippen molar-refractivity contribution in [1.29, 1.82) is 0 Å². The summed E-state index contributed by atoms with van der Waals surface area (Å²) in [7, 11) is -1.56. The molecule has 6 rings (SSSR count). The van der Waals surface area contributed by atoms with Crippen LogP contribution in [0.2, 0.25) is 0 Å². The van der Waals surface area contributed by atoms with E-state index in [1.807, 2.05) is 0 Å². The maximum Gasteiger partial charge on any atom is 0.337 e. The predicted molar refractivity (Wildman–Crippen MR) is 197 cm³/mol. The van der Waals surface area contributed by atoms with E-state index in [0.717, 1.165) is 48.5 Å². The van der Waals surface area contributed by atoms with Gasteiger partial charge in [0.05, 0.1) is 54.5 Å². The Balaban J connectivity index is 1.23. The lowest BCUT2D eigenvalue weighted by Gasteiger charge is -2.26. The third-order valence-electron chi connectivity index (χ3n) is 8.80. The van der Waals surface area contributed by atoms with Crippen molar-refractivity contribution >= 4 is 50.5 Å². The van der Waals surface area contributed by atoms with Crippen LogP contribution in [-0.2, 0) is 24.2 Å². The minimum Gasteiger partial charge on any atom is -0.492 e. The highest BCUT2D eigenvalue weighted by Gasteiger charge is 2.30. The highest BCUT2D eigenvalue weighted by Crippen LogP contribution is 2.39. The number of anilines is 2. The van der Waals surface area contributed by atoms with Crippen LogP contribution in [0.4, 0.5) is 11.4 Å². The van der Waals surface area contributed by atoms with Crippen LogP contribution in [0, 0.1) is 0 Å². The van der Waals surface area contributed by atoms with Crippen LogP contribution in [0.1, 0.15) is 30.4 Å². The predicted octanol–water partition coefficient (Wildman–Crippen LogP) is 4.46. The fourth-order valence-electron chi connectivity index (χ4n) is 5.75. The molecule has 0 atom stereocenters. The molecule has 0 spiro atoms. The molecule has 0 saturated carbocycles. The zero-order valence-electron chi connectivity index (χ0n) is 28.9. The summed E-state index contributed by atoms with van der Waals surface area (Å²) in [4.78, 5) is 43.0. The van der Waals surface area contributed by atoms with Crippen molar-refractivity contribution in [1.82, 2.24) is 9.80 Å². The summed E-state index contributed by atoms with van der Waals surface area (Å²) in [6, 6.07) is 21.0. The number of nitrogens with one attached hydrogen (secondary N) is 1. The van der Waals surface area contributed by atoms with Gasteiger partial charge in [-0.2, -0.15) is 0 Å². The van der Waals surface area contributed by atoms with Crippen LogP contribution in [0.25, 0.3) is 10.4 Å². The minimum absolute atomic E-state index is 0.0848. The van der Waals surface area contributed by atoms with Crippen molar-refractivity contribution in [3.05, 3.63) is 94.9 Å². The van der Waals surface area contributed by atoms with Crippen LogP contribution in [0.5, 0.6) is 5.75 Å². The Morgan fingerprint density at radius 2 is 1.46 bits per heavy atom. The molecule has 15 heteroatoms. The van der Waals surface area contributed by atoms with E-state index in [9.17, 15) is 22.8 Å². The number of hydrogen-bond acceptors (Lipinski definition) is 11. The number of carbonyl (C=O) groups excluding carboxylic acids is 3. The second-order valence-corrected chi connectivity index (χ2v) is 15.1. The van der Waals surface area contributed by atoms with Crippen LogP contribution < -0.4 is 14.4 Å². The highest BCUT2D eigenvalue weighted by atomic mass is 32.2. The molecule has 3 aromatic carbocycles. The lowest BCUT2D eigenvalue weighted by Crippen LogP contribution is -2.40. The molecule has 2 aliphatic rings. The number of morpholine rings is 2. The molecule has 0 unspecified atom stereocenters. The number of hydrogen-bond donors (Lipinski definition) is 1. The number of methoxy groups -OCH3 is 1. The summed E-state index contributed by atoms with van der Waals surface area (Å²) in [6.45, 7) is 6.42. The van der Waals surface area contributed by atoms with Crippen molar-refractivity contribution in [2.24, 2.45) is 0 Å².